The maximum Gasteiger partial charge on any atom is 0.289 e. The molecule has 1 saturated heterocycles. The maximum absolute atomic E-state index is 11.8. The molecule has 0 bridgehead atoms. The summed E-state index contributed by atoms with van der Waals surface area (Å²) in [5, 5.41) is 2.65. The lowest BCUT2D eigenvalue weighted by Crippen LogP contribution is -2.18. The van der Waals surface area contributed by atoms with Gasteiger partial charge in [0.05, 0.1) is 21.6 Å². The summed E-state index contributed by atoms with van der Waals surface area (Å²) in [4.78, 5) is 25.7. The zero-order valence-electron chi connectivity index (χ0n) is 12.8. The fraction of sp³-hybridized carbons (Fsp3) is 0. The summed E-state index contributed by atoms with van der Waals surface area (Å²) in [6.45, 7) is 0. The number of benzene rings is 2. The van der Waals surface area contributed by atoms with Crippen molar-refractivity contribution in [3.8, 4) is 0 Å². The molecule has 4 rings (SSSR count). The second kappa shape index (κ2) is 6.78. The van der Waals surface area contributed by atoms with Gasteiger partial charge in [-0.15, -0.1) is 0 Å². The minimum Gasteiger partial charge on any atom is -0.300 e. The predicted octanol–water partition coefficient (Wildman–Crippen LogP) is 4.92. The van der Waals surface area contributed by atoms with Crippen LogP contribution in [0.4, 0.5) is 10.5 Å². The van der Waals surface area contributed by atoms with Gasteiger partial charge in [0.15, 0.2) is 0 Å². The molecule has 1 aliphatic heterocycles. The second-order valence-corrected chi connectivity index (χ2v) is 7.20. The van der Waals surface area contributed by atoms with Gasteiger partial charge in [0.1, 0.15) is 5.84 Å². The average molecular weight is 411 g/mol. The molecular formula is C18H11BrN4OS. The van der Waals surface area contributed by atoms with E-state index in [1.54, 1.807) is 12.4 Å². The molecule has 1 aromatic heterocycles. The van der Waals surface area contributed by atoms with E-state index in [4.69, 9.17) is 0 Å². The molecule has 5 nitrogen and oxygen atoms in total. The van der Waals surface area contributed by atoms with Gasteiger partial charge in [-0.2, -0.15) is 0 Å². The molecule has 0 spiro atoms. The maximum atomic E-state index is 11.8. The van der Waals surface area contributed by atoms with Gasteiger partial charge >= 0.3 is 0 Å². The van der Waals surface area contributed by atoms with Crippen LogP contribution in [0.1, 0.15) is 5.56 Å². The van der Waals surface area contributed by atoms with Crippen molar-refractivity contribution in [2.75, 3.05) is 0 Å². The lowest BCUT2D eigenvalue weighted by Gasteiger charge is -2.01. The molecule has 0 saturated carbocycles. The van der Waals surface area contributed by atoms with Crippen LogP contribution in [0.15, 0.2) is 69.2 Å². The van der Waals surface area contributed by atoms with Crippen LogP contribution in [-0.4, -0.2) is 21.0 Å². The Kier molecular flexibility index (Phi) is 4.33. The van der Waals surface area contributed by atoms with Crippen LogP contribution in [0.2, 0.25) is 0 Å². The van der Waals surface area contributed by atoms with E-state index in [1.807, 2.05) is 48.5 Å². The molecule has 122 valence electrons. The van der Waals surface area contributed by atoms with E-state index in [0.29, 0.717) is 5.84 Å². The number of carbonyl (C=O) groups is 1. The van der Waals surface area contributed by atoms with Crippen molar-refractivity contribution in [2.45, 2.75) is 0 Å². The van der Waals surface area contributed by atoms with Crippen LogP contribution in [-0.2, 0) is 0 Å². The number of amidine groups is 1. The fourth-order valence-electron chi connectivity index (χ4n) is 2.41. The summed E-state index contributed by atoms with van der Waals surface area (Å²) in [7, 11) is 0. The molecule has 2 heterocycles. The second-order valence-electron chi connectivity index (χ2n) is 5.27. The van der Waals surface area contributed by atoms with Gasteiger partial charge in [0.2, 0.25) is 0 Å². The predicted molar refractivity (Wildman–Crippen MR) is 105 cm³/mol. The van der Waals surface area contributed by atoms with Crippen molar-refractivity contribution < 1.29 is 4.79 Å². The van der Waals surface area contributed by atoms with Crippen molar-refractivity contribution >= 4 is 61.6 Å². The summed E-state index contributed by atoms with van der Waals surface area (Å²) in [5.74, 6) is 0.548. The van der Waals surface area contributed by atoms with Gasteiger partial charge in [0.25, 0.3) is 5.24 Å². The average Bonchev–Trinajstić information content (AvgIpc) is 2.94. The first-order valence-corrected chi connectivity index (χ1v) is 9.04. The minimum atomic E-state index is -0.138. The van der Waals surface area contributed by atoms with Gasteiger partial charge in [-0.25, -0.2) is 4.99 Å². The van der Waals surface area contributed by atoms with E-state index in [2.05, 4.69) is 36.2 Å². The van der Waals surface area contributed by atoms with Gasteiger partial charge in [-0.3, -0.25) is 14.8 Å². The highest BCUT2D eigenvalue weighted by molar-refractivity contribution is 9.10. The molecular weight excluding hydrogens is 400 g/mol. The largest absolute Gasteiger partial charge is 0.300 e. The normalized spacial score (nSPS) is 17.4. The number of hydrogen-bond acceptors (Lipinski definition) is 5. The van der Waals surface area contributed by atoms with Crippen molar-refractivity contribution in [3.05, 3.63) is 69.8 Å². The van der Waals surface area contributed by atoms with Crippen molar-refractivity contribution in [2.24, 2.45) is 4.99 Å². The zero-order chi connectivity index (χ0) is 17.2. The van der Waals surface area contributed by atoms with E-state index in [1.165, 1.54) is 0 Å². The minimum absolute atomic E-state index is 0.138. The van der Waals surface area contributed by atoms with Gasteiger partial charge in [0, 0.05) is 16.9 Å². The van der Waals surface area contributed by atoms with Crippen molar-refractivity contribution in [1.29, 1.82) is 0 Å². The Morgan fingerprint density at radius 3 is 2.76 bits per heavy atom. The van der Waals surface area contributed by atoms with Gasteiger partial charge in [-0.1, -0.05) is 28.1 Å². The first-order chi connectivity index (χ1) is 12.2. The summed E-state index contributed by atoms with van der Waals surface area (Å²) < 4.78 is 0.935. The zero-order valence-corrected chi connectivity index (χ0v) is 15.2. The van der Waals surface area contributed by atoms with Crippen LogP contribution in [0.25, 0.3) is 17.1 Å². The Bertz CT molecular complexity index is 1050. The Hall–Kier alpha value is -2.51. The summed E-state index contributed by atoms with van der Waals surface area (Å²) >= 11 is 4.56. The van der Waals surface area contributed by atoms with Crippen LogP contribution in [0, 0.1) is 0 Å². The standard InChI is InChI=1S/C18H11BrN4OS/c19-12-2-1-3-13(10-12)22-17-16(25-18(24)23-17)9-11-4-5-14-15(8-11)21-7-6-20-14/h1-10H,(H,22,23,24)/b16-9+. The number of carbonyl (C=O) groups excluding carboxylic acids is 1. The third-order valence-electron chi connectivity index (χ3n) is 3.50. The Morgan fingerprint density at radius 1 is 1.08 bits per heavy atom. The topological polar surface area (TPSA) is 67.2 Å². The third kappa shape index (κ3) is 3.62. The molecule has 2 aromatic carbocycles. The number of thioether (sulfide) groups is 1. The van der Waals surface area contributed by atoms with E-state index in [9.17, 15) is 4.79 Å². The van der Waals surface area contributed by atoms with Crippen molar-refractivity contribution in [1.82, 2.24) is 15.3 Å². The van der Waals surface area contributed by atoms with E-state index >= 15 is 0 Å². The number of hydrogen-bond donors (Lipinski definition) is 1. The number of aliphatic imine (C=N–C) groups is 1. The Balaban J connectivity index is 1.73. The van der Waals surface area contributed by atoms with E-state index in [0.717, 1.165) is 43.4 Å². The molecule has 25 heavy (non-hydrogen) atoms. The number of halogens is 1. The lowest BCUT2D eigenvalue weighted by molar-refractivity contribution is 0.265. The number of nitrogens with one attached hydrogen (secondary N) is 1. The highest BCUT2D eigenvalue weighted by atomic mass is 79.9. The van der Waals surface area contributed by atoms with Gasteiger partial charge in [-0.05, 0) is 53.7 Å². The monoisotopic (exact) mass is 410 g/mol. The summed E-state index contributed by atoms with van der Waals surface area (Å²) in [6.07, 6.45) is 5.25. The first kappa shape index (κ1) is 16.0. The van der Waals surface area contributed by atoms with E-state index in [-0.39, 0.29) is 5.24 Å². The molecule has 0 atom stereocenters. The number of aromatic nitrogens is 2. The number of rotatable bonds is 2. The molecule has 7 heteroatoms. The SMILES string of the molecule is O=C1NC(=Nc2cccc(Br)c2)/C(=C\c2ccc3nccnc3c2)S1. The molecule has 0 unspecified atom stereocenters. The molecule has 3 aromatic rings. The Morgan fingerprint density at radius 2 is 1.92 bits per heavy atom. The quantitative estimate of drug-likeness (QED) is 0.650. The highest BCUT2D eigenvalue weighted by Crippen LogP contribution is 2.29. The van der Waals surface area contributed by atoms with Crippen LogP contribution in [0.5, 0.6) is 0 Å². The fourth-order valence-corrected chi connectivity index (χ4v) is 3.53. The van der Waals surface area contributed by atoms with Crippen LogP contribution >= 0.6 is 27.7 Å². The lowest BCUT2D eigenvalue weighted by atomic mass is 10.1. The van der Waals surface area contributed by atoms with Crippen LogP contribution < -0.4 is 5.32 Å². The summed E-state index contributed by atoms with van der Waals surface area (Å²) in [5.41, 5.74) is 3.35. The first-order valence-electron chi connectivity index (χ1n) is 7.43. The van der Waals surface area contributed by atoms with E-state index < -0.39 is 0 Å². The highest BCUT2D eigenvalue weighted by Gasteiger charge is 2.23. The number of amides is 1. The van der Waals surface area contributed by atoms with Crippen LogP contribution in [0.3, 0.4) is 0 Å². The number of fused-ring (bicyclic) bond motifs is 1. The third-order valence-corrected chi connectivity index (χ3v) is 4.81. The molecule has 1 amide bonds. The molecule has 0 aliphatic carbocycles. The molecule has 1 fully saturated rings. The van der Waals surface area contributed by atoms with Crippen molar-refractivity contribution in [3.63, 3.8) is 0 Å². The molecule has 1 aliphatic rings. The summed E-state index contributed by atoms with van der Waals surface area (Å²) in [6, 6.07) is 13.4. The molecule has 1 N–H and O–H groups in total. The Labute approximate surface area is 156 Å². The number of nitrogens with zero attached hydrogens (tertiary/aromatic N) is 3. The smallest absolute Gasteiger partial charge is 0.289 e. The van der Waals surface area contributed by atoms with Gasteiger partial charge < -0.3 is 5.32 Å². The molecule has 0 radical (unpaired) electrons.